The number of anilines is 1. The number of pyridine rings is 1. The number of carboxylic acids is 1. The lowest BCUT2D eigenvalue weighted by molar-refractivity contribution is -0.385. The molecule has 9 heteroatoms. The zero-order valence-corrected chi connectivity index (χ0v) is 11.3. The van der Waals surface area contributed by atoms with Crippen LogP contribution in [0.4, 0.5) is 11.5 Å². The van der Waals surface area contributed by atoms with E-state index in [2.05, 4.69) is 15.4 Å². The second-order valence-corrected chi connectivity index (χ2v) is 4.48. The first kappa shape index (κ1) is 14.4. The lowest BCUT2D eigenvalue weighted by atomic mass is 10.1. The van der Waals surface area contributed by atoms with Gasteiger partial charge in [0.1, 0.15) is 12.0 Å². The number of carboxylic acid groups (broad SMARTS) is 1. The van der Waals surface area contributed by atoms with E-state index >= 15 is 0 Å². The Kier molecular flexibility index (Phi) is 3.83. The van der Waals surface area contributed by atoms with Gasteiger partial charge in [-0.25, -0.2) is 9.78 Å². The fourth-order valence-corrected chi connectivity index (χ4v) is 1.84. The van der Waals surface area contributed by atoms with Crippen LogP contribution in [0.15, 0.2) is 24.7 Å². The topological polar surface area (TPSA) is 123 Å². The molecule has 21 heavy (non-hydrogen) atoms. The Bertz CT molecular complexity index is 697. The van der Waals surface area contributed by atoms with Crippen molar-refractivity contribution in [2.75, 3.05) is 5.32 Å². The van der Waals surface area contributed by atoms with Gasteiger partial charge in [0.05, 0.1) is 11.1 Å². The number of nitrogens with one attached hydrogen (secondary N) is 1. The van der Waals surface area contributed by atoms with Crippen molar-refractivity contribution in [2.24, 2.45) is 7.05 Å². The summed E-state index contributed by atoms with van der Waals surface area (Å²) in [5, 5.41) is 26.7. The third kappa shape index (κ3) is 3.14. The van der Waals surface area contributed by atoms with Gasteiger partial charge in [-0.2, -0.15) is 5.10 Å². The maximum absolute atomic E-state index is 11.3. The number of hydrogen-bond acceptors (Lipinski definition) is 6. The molecule has 0 spiro atoms. The molecule has 0 aliphatic heterocycles. The number of carbonyl (C=O) groups is 1. The molecule has 0 radical (unpaired) electrons. The summed E-state index contributed by atoms with van der Waals surface area (Å²) in [5.41, 5.74) is 0.740. The van der Waals surface area contributed by atoms with Crippen molar-refractivity contribution in [2.45, 2.75) is 13.0 Å². The molecule has 2 aromatic heterocycles. The van der Waals surface area contributed by atoms with E-state index in [0.29, 0.717) is 11.1 Å². The first-order chi connectivity index (χ1) is 9.88. The molecule has 1 unspecified atom stereocenters. The standard InChI is InChI=1S/C12H13N5O4/c1-7-3-10(13-5-9(7)17(20)21)15-11(12(18)19)8-4-14-16(2)6-8/h3-6,11H,1-2H3,(H,13,15)(H,18,19). The molecular weight excluding hydrogens is 278 g/mol. The van der Waals surface area contributed by atoms with Crippen molar-refractivity contribution in [1.29, 1.82) is 0 Å². The molecule has 0 saturated carbocycles. The normalized spacial score (nSPS) is 11.9. The van der Waals surface area contributed by atoms with Gasteiger partial charge < -0.3 is 10.4 Å². The summed E-state index contributed by atoms with van der Waals surface area (Å²) >= 11 is 0. The van der Waals surface area contributed by atoms with E-state index in [1.54, 1.807) is 20.2 Å². The Morgan fingerprint density at radius 1 is 1.52 bits per heavy atom. The second-order valence-electron chi connectivity index (χ2n) is 4.48. The zero-order chi connectivity index (χ0) is 15.6. The summed E-state index contributed by atoms with van der Waals surface area (Å²) in [5.74, 6) is -0.852. The molecule has 0 fully saturated rings. The fourth-order valence-electron chi connectivity index (χ4n) is 1.84. The fraction of sp³-hybridized carbons (Fsp3) is 0.250. The molecule has 1 atom stereocenters. The van der Waals surface area contributed by atoms with Gasteiger partial charge in [0, 0.05) is 24.4 Å². The summed E-state index contributed by atoms with van der Waals surface area (Å²) in [6.07, 6.45) is 4.11. The second kappa shape index (κ2) is 5.57. The Labute approximate surface area is 119 Å². The highest BCUT2D eigenvalue weighted by molar-refractivity contribution is 5.78. The van der Waals surface area contributed by atoms with E-state index in [1.807, 2.05) is 0 Å². The Morgan fingerprint density at radius 3 is 2.71 bits per heavy atom. The van der Waals surface area contributed by atoms with Crippen LogP contribution in [0.5, 0.6) is 0 Å². The van der Waals surface area contributed by atoms with Crippen molar-refractivity contribution < 1.29 is 14.8 Å². The third-order valence-corrected chi connectivity index (χ3v) is 2.88. The molecular formula is C12H13N5O4. The molecule has 0 aliphatic rings. The Hall–Kier alpha value is -2.97. The number of aromatic nitrogens is 3. The monoisotopic (exact) mass is 291 g/mol. The maximum Gasteiger partial charge on any atom is 0.330 e. The van der Waals surface area contributed by atoms with Gasteiger partial charge in [-0.05, 0) is 13.0 Å². The molecule has 2 aromatic rings. The highest BCUT2D eigenvalue weighted by Crippen LogP contribution is 2.22. The van der Waals surface area contributed by atoms with Crippen LogP contribution >= 0.6 is 0 Å². The van der Waals surface area contributed by atoms with Crippen LogP contribution < -0.4 is 5.32 Å². The number of rotatable bonds is 5. The quantitative estimate of drug-likeness (QED) is 0.628. The van der Waals surface area contributed by atoms with E-state index in [4.69, 9.17) is 0 Å². The highest BCUT2D eigenvalue weighted by Gasteiger charge is 2.22. The third-order valence-electron chi connectivity index (χ3n) is 2.88. The Balaban J connectivity index is 2.28. The van der Waals surface area contributed by atoms with Crippen LogP contribution in [0.2, 0.25) is 0 Å². The SMILES string of the molecule is Cc1cc(NC(C(=O)O)c2cnn(C)c2)ncc1[N+](=O)[O-]. The molecule has 110 valence electrons. The zero-order valence-electron chi connectivity index (χ0n) is 11.3. The van der Waals surface area contributed by atoms with Gasteiger partial charge in [0.25, 0.3) is 5.69 Å². The van der Waals surface area contributed by atoms with Crippen molar-refractivity contribution in [1.82, 2.24) is 14.8 Å². The first-order valence-electron chi connectivity index (χ1n) is 5.97. The van der Waals surface area contributed by atoms with Crippen LogP contribution in [0.1, 0.15) is 17.2 Å². The molecule has 0 bridgehead atoms. The van der Waals surface area contributed by atoms with Crippen LogP contribution in [0, 0.1) is 17.0 Å². The molecule has 0 saturated heterocycles. The largest absolute Gasteiger partial charge is 0.479 e. The van der Waals surface area contributed by atoms with Crippen molar-refractivity contribution in [3.8, 4) is 0 Å². The summed E-state index contributed by atoms with van der Waals surface area (Å²) in [6.45, 7) is 1.56. The maximum atomic E-state index is 11.3. The lowest BCUT2D eigenvalue weighted by Gasteiger charge is -2.13. The minimum Gasteiger partial charge on any atom is -0.479 e. The van der Waals surface area contributed by atoms with Gasteiger partial charge in [-0.3, -0.25) is 14.8 Å². The van der Waals surface area contributed by atoms with E-state index in [0.717, 1.165) is 6.20 Å². The summed E-state index contributed by atoms with van der Waals surface area (Å²) in [4.78, 5) is 25.4. The van der Waals surface area contributed by atoms with E-state index in [1.165, 1.54) is 16.9 Å². The molecule has 0 aromatic carbocycles. The van der Waals surface area contributed by atoms with Crippen LogP contribution in [0.3, 0.4) is 0 Å². The number of aliphatic carboxylic acids is 1. The van der Waals surface area contributed by atoms with Gasteiger partial charge >= 0.3 is 5.97 Å². The van der Waals surface area contributed by atoms with E-state index in [9.17, 15) is 20.0 Å². The molecule has 0 aliphatic carbocycles. The molecule has 2 heterocycles. The Morgan fingerprint density at radius 2 is 2.24 bits per heavy atom. The van der Waals surface area contributed by atoms with Crippen LogP contribution in [-0.4, -0.2) is 30.8 Å². The molecule has 2 rings (SSSR count). The number of aryl methyl sites for hydroxylation is 2. The average Bonchev–Trinajstić information content (AvgIpc) is 2.81. The van der Waals surface area contributed by atoms with Crippen molar-refractivity contribution in [3.63, 3.8) is 0 Å². The van der Waals surface area contributed by atoms with Gasteiger partial charge in [0.2, 0.25) is 0 Å². The minimum atomic E-state index is -1.10. The number of nitro groups is 1. The first-order valence-corrected chi connectivity index (χ1v) is 5.97. The lowest BCUT2D eigenvalue weighted by Crippen LogP contribution is -2.20. The summed E-state index contributed by atoms with van der Waals surface area (Å²) in [7, 11) is 1.68. The average molecular weight is 291 g/mol. The number of hydrogen-bond donors (Lipinski definition) is 2. The number of nitrogens with zero attached hydrogens (tertiary/aromatic N) is 4. The van der Waals surface area contributed by atoms with Crippen LogP contribution in [0.25, 0.3) is 0 Å². The molecule has 0 amide bonds. The van der Waals surface area contributed by atoms with Crippen LogP contribution in [-0.2, 0) is 11.8 Å². The minimum absolute atomic E-state index is 0.117. The molecule has 9 nitrogen and oxygen atoms in total. The van der Waals surface area contributed by atoms with Gasteiger partial charge in [-0.15, -0.1) is 0 Å². The van der Waals surface area contributed by atoms with Gasteiger partial charge in [-0.1, -0.05) is 0 Å². The predicted molar refractivity (Wildman–Crippen MR) is 72.8 cm³/mol. The van der Waals surface area contributed by atoms with E-state index < -0.39 is 16.9 Å². The smallest absolute Gasteiger partial charge is 0.330 e. The molecule has 2 N–H and O–H groups in total. The van der Waals surface area contributed by atoms with Gasteiger partial charge in [0.15, 0.2) is 6.04 Å². The van der Waals surface area contributed by atoms with Crippen molar-refractivity contribution >= 4 is 17.5 Å². The highest BCUT2D eigenvalue weighted by atomic mass is 16.6. The summed E-state index contributed by atoms with van der Waals surface area (Å²) < 4.78 is 1.49. The van der Waals surface area contributed by atoms with Crippen molar-refractivity contribution in [3.05, 3.63) is 45.9 Å². The van der Waals surface area contributed by atoms with E-state index in [-0.39, 0.29) is 11.5 Å². The predicted octanol–water partition coefficient (Wildman–Crippen LogP) is 1.27. The summed E-state index contributed by atoms with van der Waals surface area (Å²) in [6, 6.07) is 0.400.